The first-order valence-corrected chi connectivity index (χ1v) is 8.27. The third kappa shape index (κ3) is 3.74. The molecule has 1 N–H and O–H groups in total. The molecule has 0 fully saturated rings. The van der Waals surface area contributed by atoms with Crippen LogP contribution in [0.15, 0.2) is 12.1 Å². The first kappa shape index (κ1) is 17.6. The Morgan fingerprint density at radius 1 is 1.24 bits per heavy atom. The van der Waals surface area contributed by atoms with Crippen LogP contribution in [0.3, 0.4) is 0 Å². The summed E-state index contributed by atoms with van der Waals surface area (Å²) in [5, 5.41) is 11.8. The molecule has 25 heavy (non-hydrogen) atoms. The van der Waals surface area contributed by atoms with Crippen molar-refractivity contribution in [1.29, 1.82) is 0 Å². The van der Waals surface area contributed by atoms with Gasteiger partial charge in [0.25, 0.3) is 0 Å². The number of ether oxygens (including phenoxy) is 3. The van der Waals surface area contributed by atoms with E-state index in [1.165, 1.54) is 20.3 Å². The summed E-state index contributed by atoms with van der Waals surface area (Å²) >= 11 is 0. The number of hydrogen-bond acceptors (Lipinski definition) is 6. The minimum atomic E-state index is -0.342. The molecule has 3 rings (SSSR count). The number of hydrogen-bond donors (Lipinski definition) is 1. The summed E-state index contributed by atoms with van der Waals surface area (Å²) in [6.07, 6.45) is 0.757. The van der Waals surface area contributed by atoms with Gasteiger partial charge in [-0.3, -0.25) is 0 Å². The number of nitrogens with one attached hydrogen (secondary N) is 1. The summed E-state index contributed by atoms with van der Waals surface area (Å²) in [6, 6.07) is 2.77. The summed E-state index contributed by atoms with van der Waals surface area (Å²) in [5.41, 5.74) is 0.511. The van der Waals surface area contributed by atoms with Gasteiger partial charge in [-0.1, -0.05) is 0 Å². The molecule has 8 heteroatoms. The smallest absolute Gasteiger partial charge is 0.163 e. The Balaban J connectivity index is 1.73. The van der Waals surface area contributed by atoms with Gasteiger partial charge in [-0.15, -0.1) is 10.2 Å². The van der Waals surface area contributed by atoms with Crippen molar-refractivity contribution in [2.75, 3.05) is 27.4 Å². The highest BCUT2D eigenvalue weighted by atomic mass is 19.1. The van der Waals surface area contributed by atoms with E-state index in [-0.39, 0.29) is 11.9 Å². The maximum absolute atomic E-state index is 14.4. The Morgan fingerprint density at radius 3 is 2.76 bits per heavy atom. The van der Waals surface area contributed by atoms with Crippen LogP contribution in [-0.2, 0) is 24.2 Å². The SMILES string of the molecule is COc1cc(F)c(C(C)NCc2nnc3n2CCOCC3)cc1OC. The number of nitrogens with zero attached hydrogens (tertiary/aromatic N) is 3. The highest BCUT2D eigenvalue weighted by Gasteiger charge is 2.18. The Labute approximate surface area is 146 Å². The highest BCUT2D eigenvalue weighted by molar-refractivity contribution is 5.44. The largest absolute Gasteiger partial charge is 0.493 e. The number of halogens is 1. The Hall–Kier alpha value is -2.19. The lowest BCUT2D eigenvalue weighted by atomic mass is 10.1. The molecule has 2 heterocycles. The second-order valence-electron chi connectivity index (χ2n) is 5.88. The lowest BCUT2D eigenvalue weighted by Gasteiger charge is -2.17. The molecule has 1 aliphatic heterocycles. The Kier molecular flexibility index (Phi) is 5.50. The molecule has 2 aromatic rings. The molecule has 0 aliphatic carbocycles. The molecular formula is C17H23FN4O3. The van der Waals surface area contributed by atoms with Crippen molar-refractivity contribution in [3.05, 3.63) is 35.2 Å². The van der Waals surface area contributed by atoms with Gasteiger partial charge in [-0.25, -0.2) is 4.39 Å². The van der Waals surface area contributed by atoms with Crippen LogP contribution in [0.2, 0.25) is 0 Å². The molecule has 7 nitrogen and oxygen atoms in total. The summed E-state index contributed by atoms with van der Waals surface area (Å²) < 4.78 is 32.3. The number of aromatic nitrogens is 3. The van der Waals surface area contributed by atoms with Gasteiger partial charge in [-0.05, 0) is 13.0 Å². The molecule has 0 saturated heterocycles. The minimum Gasteiger partial charge on any atom is -0.493 e. The van der Waals surface area contributed by atoms with E-state index < -0.39 is 0 Å². The molecule has 1 aromatic heterocycles. The van der Waals surface area contributed by atoms with Crippen molar-refractivity contribution in [3.63, 3.8) is 0 Å². The van der Waals surface area contributed by atoms with Gasteiger partial charge in [0.2, 0.25) is 0 Å². The van der Waals surface area contributed by atoms with Crippen LogP contribution < -0.4 is 14.8 Å². The van der Waals surface area contributed by atoms with E-state index in [2.05, 4.69) is 20.1 Å². The summed E-state index contributed by atoms with van der Waals surface area (Å²) in [6.45, 7) is 4.43. The predicted molar refractivity (Wildman–Crippen MR) is 89.3 cm³/mol. The number of benzene rings is 1. The monoisotopic (exact) mass is 350 g/mol. The maximum Gasteiger partial charge on any atom is 0.163 e. The fraction of sp³-hybridized carbons (Fsp3) is 0.529. The van der Waals surface area contributed by atoms with Crippen molar-refractivity contribution in [1.82, 2.24) is 20.1 Å². The van der Waals surface area contributed by atoms with E-state index in [4.69, 9.17) is 14.2 Å². The zero-order chi connectivity index (χ0) is 17.8. The molecular weight excluding hydrogens is 327 g/mol. The van der Waals surface area contributed by atoms with Crippen molar-refractivity contribution in [2.45, 2.75) is 32.5 Å². The van der Waals surface area contributed by atoms with Gasteiger partial charge in [0.05, 0.1) is 34.0 Å². The second-order valence-corrected chi connectivity index (χ2v) is 5.88. The Bertz CT molecular complexity index is 735. The summed E-state index contributed by atoms with van der Waals surface area (Å²) in [5.74, 6) is 2.29. The highest BCUT2D eigenvalue weighted by Crippen LogP contribution is 2.32. The molecule has 1 unspecified atom stereocenters. The number of rotatable bonds is 6. The molecule has 136 valence electrons. The van der Waals surface area contributed by atoms with Gasteiger partial charge in [0.15, 0.2) is 11.5 Å². The van der Waals surface area contributed by atoms with Crippen LogP contribution in [0.1, 0.15) is 30.2 Å². The van der Waals surface area contributed by atoms with Crippen LogP contribution in [0.5, 0.6) is 11.5 Å². The van der Waals surface area contributed by atoms with Gasteiger partial charge >= 0.3 is 0 Å². The fourth-order valence-electron chi connectivity index (χ4n) is 2.92. The number of fused-ring (bicyclic) bond motifs is 1. The molecule has 0 bridgehead atoms. The molecule has 0 radical (unpaired) electrons. The van der Waals surface area contributed by atoms with Crippen molar-refractivity contribution >= 4 is 0 Å². The van der Waals surface area contributed by atoms with Crippen LogP contribution >= 0.6 is 0 Å². The summed E-state index contributed by atoms with van der Waals surface area (Å²) in [7, 11) is 3.02. The number of methoxy groups -OCH3 is 2. The molecule has 0 saturated carbocycles. The third-order valence-electron chi connectivity index (χ3n) is 4.37. The van der Waals surface area contributed by atoms with Crippen molar-refractivity contribution < 1.29 is 18.6 Å². The van der Waals surface area contributed by atoms with Crippen LogP contribution in [-0.4, -0.2) is 42.2 Å². The minimum absolute atomic E-state index is 0.227. The van der Waals surface area contributed by atoms with Crippen molar-refractivity contribution in [3.8, 4) is 11.5 Å². The lowest BCUT2D eigenvalue weighted by molar-refractivity contribution is 0.139. The van der Waals surface area contributed by atoms with E-state index >= 15 is 0 Å². The Morgan fingerprint density at radius 2 is 2.00 bits per heavy atom. The third-order valence-corrected chi connectivity index (χ3v) is 4.37. The predicted octanol–water partition coefficient (Wildman–Crippen LogP) is 1.86. The average molecular weight is 350 g/mol. The van der Waals surface area contributed by atoms with Crippen LogP contribution in [0, 0.1) is 5.82 Å². The van der Waals surface area contributed by atoms with E-state index in [0.717, 1.165) is 24.6 Å². The van der Waals surface area contributed by atoms with E-state index in [1.807, 2.05) is 6.92 Å². The van der Waals surface area contributed by atoms with E-state index in [1.54, 1.807) is 6.07 Å². The quantitative estimate of drug-likeness (QED) is 0.858. The second kappa shape index (κ2) is 7.79. The zero-order valence-corrected chi connectivity index (χ0v) is 14.7. The fourth-order valence-corrected chi connectivity index (χ4v) is 2.92. The average Bonchev–Trinajstić information content (AvgIpc) is 2.85. The molecule has 1 aliphatic rings. The van der Waals surface area contributed by atoms with Gasteiger partial charge < -0.3 is 24.1 Å². The standard InChI is InChI=1S/C17H23FN4O3/c1-11(12-8-14(23-2)15(24-3)9-13(12)18)19-10-17-21-20-16-4-6-25-7-5-22(16)17/h8-9,11,19H,4-7,10H2,1-3H3. The topological polar surface area (TPSA) is 70.4 Å². The normalized spacial score (nSPS) is 15.4. The van der Waals surface area contributed by atoms with Crippen molar-refractivity contribution in [2.24, 2.45) is 0 Å². The molecule has 0 amide bonds. The summed E-state index contributed by atoms with van der Waals surface area (Å²) in [4.78, 5) is 0. The van der Waals surface area contributed by atoms with Gasteiger partial charge in [0.1, 0.15) is 17.5 Å². The first-order chi connectivity index (χ1) is 12.1. The first-order valence-electron chi connectivity index (χ1n) is 8.27. The lowest BCUT2D eigenvalue weighted by Crippen LogP contribution is -2.22. The maximum atomic E-state index is 14.4. The van der Waals surface area contributed by atoms with E-state index in [9.17, 15) is 4.39 Å². The van der Waals surface area contributed by atoms with Crippen LogP contribution in [0.4, 0.5) is 4.39 Å². The molecule has 1 atom stereocenters. The molecule has 1 aromatic carbocycles. The van der Waals surface area contributed by atoms with E-state index in [0.29, 0.717) is 36.8 Å². The van der Waals surface area contributed by atoms with Gasteiger partial charge in [0, 0.05) is 30.6 Å². The zero-order valence-electron chi connectivity index (χ0n) is 14.7. The molecule has 0 spiro atoms. The van der Waals surface area contributed by atoms with Crippen LogP contribution in [0.25, 0.3) is 0 Å². The van der Waals surface area contributed by atoms with Gasteiger partial charge in [-0.2, -0.15) is 0 Å².